The lowest BCUT2D eigenvalue weighted by Crippen LogP contribution is -2.21. The molecule has 2 aromatic carbocycles. The fourth-order valence-corrected chi connectivity index (χ4v) is 2.47. The Labute approximate surface area is 127 Å². The molecule has 20 heavy (non-hydrogen) atoms. The van der Waals surface area contributed by atoms with Crippen molar-refractivity contribution in [3.05, 3.63) is 59.1 Å². The van der Waals surface area contributed by atoms with E-state index in [0.717, 1.165) is 4.90 Å². The van der Waals surface area contributed by atoms with E-state index in [4.69, 9.17) is 11.6 Å². The minimum atomic E-state index is -1.20. The monoisotopic (exact) mass is 307 g/mol. The highest BCUT2D eigenvalue weighted by atomic mass is 35.5. The number of halogens is 1. The highest BCUT2D eigenvalue weighted by Gasteiger charge is 2.18. The molecule has 0 saturated carbocycles. The summed E-state index contributed by atoms with van der Waals surface area (Å²) in [5, 5.41) is 13.3. The maximum atomic E-state index is 12.1. The van der Waals surface area contributed by atoms with Crippen molar-refractivity contribution in [1.82, 2.24) is 0 Å². The summed E-state index contributed by atoms with van der Waals surface area (Å²) in [5.74, 6) is -0.478. The number of nitrogens with one attached hydrogen (secondary N) is 1. The molecule has 0 radical (unpaired) electrons. The van der Waals surface area contributed by atoms with Crippen LogP contribution in [0.3, 0.4) is 0 Å². The Hall–Kier alpha value is -1.49. The van der Waals surface area contributed by atoms with Gasteiger partial charge in [0.25, 0.3) is 5.91 Å². The zero-order valence-electron chi connectivity index (χ0n) is 10.8. The minimum Gasteiger partial charge on any atom is -0.378 e. The Balaban J connectivity index is 2.18. The number of thioether (sulfide) groups is 1. The van der Waals surface area contributed by atoms with E-state index in [2.05, 4.69) is 5.32 Å². The van der Waals surface area contributed by atoms with Crippen molar-refractivity contribution in [3.8, 4) is 0 Å². The molecule has 1 amide bonds. The number of anilines is 1. The van der Waals surface area contributed by atoms with Crippen LogP contribution in [0.4, 0.5) is 5.69 Å². The number of amides is 1. The number of carbonyl (C=O) groups is 1. The van der Waals surface area contributed by atoms with Crippen LogP contribution in [0, 0.1) is 0 Å². The van der Waals surface area contributed by atoms with Gasteiger partial charge in [-0.05, 0) is 30.0 Å². The van der Waals surface area contributed by atoms with Crippen molar-refractivity contribution >= 4 is 35.0 Å². The summed E-state index contributed by atoms with van der Waals surface area (Å²) >= 11 is 7.43. The van der Waals surface area contributed by atoms with E-state index in [1.807, 2.05) is 18.4 Å². The first-order chi connectivity index (χ1) is 9.61. The molecule has 2 N–H and O–H groups in total. The van der Waals surface area contributed by atoms with Gasteiger partial charge in [0.15, 0.2) is 6.10 Å². The summed E-state index contributed by atoms with van der Waals surface area (Å²) in [6.45, 7) is 0. The molecule has 0 heterocycles. The average Bonchev–Trinajstić information content (AvgIpc) is 2.47. The van der Waals surface area contributed by atoms with Crippen LogP contribution in [0.5, 0.6) is 0 Å². The standard InChI is InChI=1S/C15H14ClNO2S/c1-20-13-8-7-11(16)9-12(13)17-15(19)14(18)10-5-3-2-4-6-10/h2-9,14,18H,1H3,(H,17,19). The molecule has 0 bridgehead atoms. The van der Waals surface area contributed by atoms with Crippen molar-refractivity contribution in [3.63, 3.8) is 0 Å². The first-order valence-electron chi connectivity index (χ1n) is 5.99. The molecule has 1 atom stereocenters. The van der Waals surface area contributed by atoms with Crippen molar-refractivity contribution in [2.45, 2.75) is 11.0 Å². The largest absolute Gasteiger partial charge is 0.378 e. The van der Waals surface area contributed by atoms with Crippen LogP contribution in [-0.2, 0) is 4.79 Å². The molecule has 0 aromatic heterocycles. The third-order valence-electron chi connectivity index (χ3n) is 2.78. The summed E-state index contributed by atoms with van der Waals surface area (Å²) in [5.41, 5.74) is 1.16. The van der Waals surface area contributed by atoms with Gasteiger partial charge in [0, 0.05) is 9.92 Å². The number of carbonyl (C=O) groups excluding carboxylic acids is 1. The van der Waals surface area contributed by atoms with Crippen LogP contribution >= 0.6 is 23.4 Å². The van der Waals surface area contributed by atoms with E-state index >= 15 is 0 Å². The van der Waals surface area contributed by atoms with E-state index in [0.29, 0.717) is 16.3 Å². The van der Waals surface area contributed by atoms with Gasteiger partial charge in [-0.15, -0.1) is 11.8 Å². The number of hydrogen-bond donors (Lipinski definition) is 2. The first kappa shape index (κ1) is 14.9. The molecule has 2 aromatic rings. The van der Waals surface area contributed by atoms with E-state index < -0.39 is 12.0 Å². The number of aliphatic hydroxyl groups excluding tert-OH is 1. The molecule has 0 fully saturated rings. The second-order valence-corrected chi connectivity index (χ2v) is 5.43. The van der Waals surface area contributed by atoms with Gasteiger partial charge >= 0.3 is 0 Å². The van der Waals surface area contributed by atoms with Crippen molar-refractivity contribution in [1.29, 1.82) is 0 Å². The lowest BCUT2D eigenvalue weighted by Gasteiger charge is -2.14. The van der Waals surface area contributed by atoms with E-state index in [1.54, 1.807) is 36.4 Å². The number of aliphatic hydroxyl groups is 1. The molecular weight excluding hydrogens is 294 g/mol. The predicted octanol–water partition coefficient (Wildman–Crippen LogP) is 3.73. The van der Waals surface area contributed by atoms with Crippen LogP contribution in [-0.4, -0.2) is 17.3 Å². The second kappa shape index (κ2) is 6.79. The van der Waals surface area contributed by atoms with Crippen LogP contribution in [0.1, 0.15) is 11.7 Å². The number of rotatable bonds is 4. The highest BCUT2D eigenvalue weighted by Crippen LogP contribution is 2.29. The van der Waals surface area contributed by atoms with Gasteiger partial charge in [0.2, 0.25) is 0 Å². The van der Waals surface area contributed by atoms with Crippen LogP contribution in [0.25, 0.3) is 0 Å². The molecule has 104 valence electrons. The third kappa shape index (κ3) is 3.54. The quantitative estimate of drug-likeness (QED) is 0.846. The molecule has 3 nitrogen and oxygen atoms in total. The van der Waals surface area contributed by atoms with Gasteiger partial charge in [-0.3, -0.25) is 4.79 Å². The molecule has 0 aliphatic rings. The summed E-state index contributed by atoms with van der Waals surface area (Å²) in [6.07, 6.45) is 0.705. The maximum absolute atomic E-state index is 12.1. The van der Waals surface area contributed by atoms with Gasteiger partial charge in [-0.1, -0.05) is 41.9 Å². The molecule has 0 saturated heterocycles. The second-order valence-electron chi connectivity index (χ2n) is 4.15. The van der Waals surface area contributed by atoms with E-state index in [1.165, 1.54) is 11.8 Å². The molecule has 0 spiro atoms. The summed E-state index contributed by atoms with van der Waals surface area (Å²) in [6, 6.07) is 14.1. The van der Waals surface area contributed by atoms with Crippen molar-refractivity contribution in [2.75, 3.05) is 11.6 Å². The fourth-order valence-electron chi connectivity index (χ4n) is 1.77. The third-order valence-corrected chi connectivity index (χ3v) is 3.81. The molecule has 0 aliphatic heterocycles. The molecule has 2 rings (SSSR count). The minimum absolute atomic E-state index is 0.478. The molecule has 5 heteroatoms. The normalized spacial score (nSPS) is 11.9. The Kier molecular flexibility index (Phi) is 5.06. The summed E-state index contributed by atoms with van der Waals surface area (Å²) in [7, 11) is 0. The van der Waals surface area contributed by atoms with Gasteiger partial charge in [-0.2, -0.15) is 0 Å². The zero-order valence-corrected chi connectivity index (χ0v) is 12.4. The van der Waals surface area contributed by atoms with Crippen LogP contribution in [0.2, 0.25) is 5.02 Å². The Morgan fingerprint density at radius 1 is 1.25 bits per heavy atom. The molecule has 1 unspecified atom stereocenters. The van der Waals surface area contributed by atoms with Gasteiger partial charge in [-0.25, -0.2) is 0 Å². The average molecular weight is 308 g/mol. The van der Waals surface area contributed by atoms with E-state index in [9.17, 15) is 9.90 Å². The smallest absolute Gasteiger partial charge is 0.257 e. The zero-order chi connectivity index (χ0) is 14.5. The SMILES string of the molecule is CSc1ccc(Cl)cc1NC(=O)C(O)c1ccccc1. The first-order valence-corrected chi connectivity index (χ1v) is 7.59. The number of hydrogen-bond acceptors (Lipinski definition) is 3. The van der Waals surface area contributed by atoms with Crippen LogP contribution < -0.4 is 5.32 Å². The summed E-state index contributed by atoms with van der Waals surface area (Å²) < 4.78 is 0. The Morgan fingerprint density at radius 2 is 1.95 bits per heavy atom. The topological polar surface area (TPSA) is 49.3 Å². The summed E-state index contributed by atoms with van der Waals surface area (Å²) in [4.78, 5) is 13.0. The lowest BCUT2D eigenvalue weighted by atomic mass is 10.1. The van der Waals surface area contributed by atoms with Gasteiger partial charge < -0.3 is 10.4 Å². The predicted molar refractivity (Wildman–Crippen MR) is 83.3 cm³/mol. The highest BCUT2D eigenvalue weighted by molar-refractivity contribution is 7.98. The van der Waals surface area contributed by atoms with Gasteiger partial charge in [0.1, 0.15) is 0 Å². The van der Waals surface area contributed by atoms with Crippen molar-refractivity contribution in [2.24, 2.45) is 0 Å². The molecular formula is C15H14ClNO2S. The number of benzene rings is 2. The Bertz CT molecular complexity index is 604. The van der Waals surface area contributed by atoms with E-state index in [-0.39, 0.29) is 0 Å². The Morgan fingerprint density at radius 3 is 2.60 bits per heavy atom. The van der Waals surface area contributed by atoms with Crippen molar-refractivity contribution < 1.29 is 9.90 Å². The van der Waals surface area contributed by atoms with Gasteiger partial charge in [0.05, 0.1) is 5.69 Å². The lowest BCUT2D eigenvalue weighted by molar-refractivity contribution is -0.124. The van der Waals surface area contributed by atoms with Crippen LogP contribution in [0.15, 0.2) is 53.4 Å². The maximum Gasteiger partial charge on any atom is 0.257 e. The molecule has 0 aliphatic carbocycles. The fraction of sp³-hybridized carbons (Fsp3) is 0.133.